The van der Waals surface area contributed by atoms with E-state index in [1.807, 2.05) is 0 Å². The maximum Gasteiger partial charge on any atom is 0.231 e. The molecule has 0 fully saturated rings. The molecule has 1 aromatic heterocycles. The van der Waals surface area contributed by atoms with Crippen LogP contribution in [0.1, 0.15) is 11.4 Å². The lowest BCUT2D eigenvalue weighted by atomic mass is 10.2. The van der Waals surface area contributed by atoms with E-state index in [0.29, 0.717) is 28.6 Å². The van der Waals surface area contributed by atoms with E-state index in [9.17, 15) is 5.11 Å². The van der Waals surface area contributed by atoms with E-state index in [2.05, 4.69) is 9.97 Å². The molecule has 0 spiro atoms. The number of rotatable bonds is 4. The maximum absolute atomic E-state index is 9.34. The molecule has 2 heterocycles. The number of aromatic nitrogens is 2. The molecule has 0 radical (unpaired) electrons. The van der Waals surface area contributed by atoms with E-state index in [1.54, 1.807) is 30.6 Å². The monoisotopic (exact) mass is 260 g/mol. The van der Waals surface area contributed by atoms with Crippen molar-refractivity contribution in [3.05, 3.63) is 42.0 Å². The van der Waals surface area contributed by atoms with Crippen molar-refractivity contribution >= 4 is 0 Å². The first-order valence-corrected chi connectivity index (χ1v) is 5.79. The fourth-order valence-corrected chi connectivity index (χ4v) is 1.77. The van der Waals surface area contributed by atoms with Gasteiger partial charge in [-0.2, -0.15) is 0 Å². The van der Waals surface area contributed by atoms with Crippen LogP contribution in [0.15, 0.2) is 30.6 Å². The zero-order chi connectivity index (χ0) is 13.1. The van der Waals surface area contributed by atoms with E-state index in [1.165, 1.54) is 0 Å². The van der Waals surface area contributed by atoms with Crippen molar-refractivity contribution in [3.63, 3.8) is 0 Å². The molecule has 19 heavy (non-hydrogen) atoms. The summed E-state index contributed by atoms with van der Waals surface area (Å²) in [5.41, 5.74) is 0.639. The average molecular weight is 260 g/mol. The molecule has 0 saturated carbocycles. The molecule has 0 aliphatic carbocycles. The standard InChI is InChI=1S/C13H12N2O4/c16-6-9-4-11-12(19-8-18-11)5-10(9)17-7-13-14-2-1-3-15-13/h1-5,16H,6-8H2. The summed E-state index contributed by atoms with van der Waals surface area (Å²) in [5.74, 6) is 2.34. The van der Waals surface area contributed by atoms with Crippen LogP contribution in [-0.2, 0) is 13.2 Å². The van der Waals surface area contributed by atoms with Crippen molar-refractivity contribution < 1.29 is 19.3 Å². The van der Waals surface area contributed by atoms with Gasteiger partial charge in [0.25, 0.3) is 0 Å². The first-order valence-electron chi connectivity index (χ1n) is 5.79. The van der Waals surface area contributed by atoms with Gasteiger partial charge in [-0.15, -0.1) is 0 Å². The van der Waals surface area contributed by atoms with Gasteiger partial charge in [0.2, 0.25) is 6.79 Å². The van der Waals surface area contributed by atoms with Crippen LogP contribution in [0.25, 0.3) is 0 Å². The first kappa shape index (κ1) is 11.7. The number of hydrogen-bond donors (Lipinski definition) is 1. The predicted octanol–water partition coefficient (Wildman–Crippen LogP) is 1.28. The van der Waals surface area contributed by atoms with Crippen molar-refractivity contribution in [2.75, 3.05) is 6.79 Å². The van der Waals surface area contributed by atoms with Gasteiger partial charge in [-0.1, -0.05) is 0 Å². The third kappa shape index (κ3) is 2.43. The third-order valence-corrected chi connectivity index (χ3v) is 2.70. The molecule has 0 atom stereocenters. The first-order chi connectivity index (χ1) is 9.36. The maximum atomic E-state index is 9.34. The Labute approximate surface area is 109 Å². The minimum absolute atomic E-state index is 0.137. The minimum atomic E-state index is -0.137. The number of benzene rings is 1. The van der Waals surface area contributed by atoms with Crippen LogP contribution in [-0.4, -0.2) is 21.9 Å². The molecular formula is C13H12N2O4. The number of nitrogens with zero attached hydrogens (tertiary/aromatic N) is 2. The van der Waals surface area contributed by atoms with E-state index in [4.69, 9.17) is 14.2 Å². The Morgan fingerprint density at radius 1 is 1.16 bits per heavy atom. The highest BCUT2D eigenvalue weighted by atomic mass is 16.7. The summed E-state index contributed by atoms with van der Waals surface area (Å²) in [6.07, 6.45) is 3.30. The zero-order valence-corrected chi connectivity index (χ0v) is 10.1. The van der Waals surface area contributed by atoms with Gasteiger partial charge in [0.1, 0.15) is 12.4 Å². The molecule has 98 valence electrons. The fourth-order valence-electron chi connectivity index (χ4n) is 1.77. The molecule has 0 saturated heterocycles. The lowest BCUT2D eigenvalue weighted by Gasteiger charge is -2.10. The van der Waals surface area contributed by atoms with E-state index < -0.39 is 0 Å². The zero-order valence-electron chi connectivity index (χ0n) is 10.1. The Hall–Kier alpha value is -2.34. The quantitative estimate of drug-likeness (QED) is 0.892. The van der Waals surface area contributed by atoms with Gasteiger partial charge >= 0.3 is 0 Å². The molecule has 1 aliphatic heterocycles. The van der Waals surface area contributed by atoms with Gasteiger partial charge < -0.3 is 19.3 Å². The van der Waals surface area contributed by atoms with Crippen LogP contribution in [0.3, 0.4) is 0 Å². The van der Waals surface area contributed by atoms with Gasteiger partial charge in [0, 0.05) is 24.0 Å². The highest BCUT2D eigenvalue weighted by Crippen LogP contribution is 2.38. The SMILES string of the molecule is OCc1cc2c(cc1OCc1ncccn1)OCO2. The molecule has 1 N–H and O–H groups in total. The molecule has 0 bridgehead atoms. The largest absolute Gasteiger partial charge is 0.485 e. The van der Waals surface area contributed by atoms with E-state index in [-0.39, 0.29) is 20.0 Å². The summed E-state index contributed by atoms with van der Waals surface area (Å²) >= 11 is 0. The number of fused-ring (bicyclic) bond motifs is 1. The van der Waals surface area contributed by atoms with Gasteiger partial charge in [0.15, 0.2) is 17.3 Å². The molecule has 3 rings (SSSR count). The summed E-state index contributed by atoms with van der Waals surface area (Å²) in [6, 6.07) is 5.16. The Kier molecular flexibility index (Phi) is 3.16. The Morgan fingerprint density at radius 2 is 1.89 bits per heavy atom. The number of ether oxygens (including phenoxy) is 3. The lowest BCUT2D eigenvalue weighted by molar-refractivity contribution is 0.173. The minimum Gasteiger partial charge on any atom is -0.485 e. The summed E-state index contributed by atoms with van der Waals surface area (Å²) in [6.45, 7) is 0.278. The van der Waals surface area contributed by atoms with Gasteiger partial charge in [-0.05, 0) is 12.1 Å². The van der Waals surface area contributed by atoms with Gasteiger partial charge in [-0.3, -0.25) is 0 Å². The van der Waals surface area contributed by atoms with Gasteiger partial charge in [-0.25, -0.2) is 9.97 Å². The summed E-state index contributed by atoms with van der Waals surface area (Å²) in [7, 11) is 0. The van der Waals surface area contributed by atoms with Crippen LogP contribution in [0, 0.1) is 0 Å². The van der Waals surface area contributed by atoms with Gasteiger partial charge in [0.05, 0.1) is 6.61 Å². The fraction of sp³-hybridized carbons (Fsp3) is 0.231. The number of hydrogen-bond acceptors (Lipinski definition) is 6. The summed E-state index contributed by atoms with van der Waals surface area (Å²) < 4.78 is 16.1. The van der Waals surface area contributed by atoms with Crippen LogP contribution in [0.2, 0.25) is 0 Å². The van der Waals surface area contributed by atoms with Crippen molar-refractivity contribution in [1.82, 2.24) is 9.97 Å². The highest BCUT2D eigenvalue weighted by Gasteiger charge is 2.17. The molecule has 1 aliphatic rings. The van der Waals surface area contributed by atoms with E-state index >= 15 is 0 Å². The van der Waals surface area contributed by atoms with E-state index in [0.717, 1.165) is 0 Å². The Morgan fingerprint density at radius 3 is 2.63 bits per heavy atom. The second-order valence-corrected chi connectivity index (χ2v) is 3.93. The lowest BCUT2D eigenvalue weighted by Crippen LogP contribution is -2.02. The van der Waals surface area contributed by atoms with Crippen LogP contribution >= 0.6 is 0 Å². The smallest absolute Gasteiger partial charge is 0.231 e. The molecule has 2 aromatic rings. The van der Waals surface area contributed by atoms with Crippen LogP contribution in [0.5, 0.6) is 17.2 Å². The molecule has 6 nitrogen and oxygen atoms in total. The second-order valence-electron chi connectivity index (χ2n) is 3.93. The topological polar surface area (TPSA) is 73.7 Å². The number of aliphatic hydroxyl groups is 1. The normalized spacial score (nSPS) is 12.5. The summed E-state index contributed by atoms with van der Waals surface area (Å²) in [5, 5.41) is 9.34. The summed E-state index contributed by atoms with van der Waals surface area (Å²) in [4.78, 5) is 8.13. The van der Waals surface area contributed by atoms with Crippen molar-refractivity contribution in [2.45, 2.75) is 13.2 Å². The molecule has 0 unspecified atom stereocenters. The highest BCUT2D eigenvalue weighted by molar-refractivity contribution is 5.51. The van der Waals surface area contributed by atoms with Crippen molar-refractivity contribution in [1.29, 1.82) is 0 Å². The van der Waals surface area contributed by atoms with Crippen molar-refractivity contribution in [2.24, 2.45) is 0 Å². The predicted molar refractivity (Wildman–Crippen MR) is 64.9 cm³/mol. The van der Waals surface area contributed by atoms with Crippen LogP contribution < -0.4 is 14.2 Å². The van der Waals surface area contributed by atoms with Crippen LogP contribution in [0.4, 0.5) is 0 Å². The number of aliphatic hydroxyl groups excluding tert-OH is 1. The average Bonchev–Trinajstić information content (AvgIpc) is 2.92. The molecule has 6 heteroatoms. The molecule has 0 amide bonds. The van der Waals surface area contributed by atoms with Crippen molar-refractivity contribution in [3.8, 4) is 17.2 Å². The third-order valence-electron chi connectivity index (χ3n) is 2.70. The second kappa shape index (κ2) is 5.11. The Bertz CT molecular complexity index is 574. The molecule has 1 aromatic carbocycles. The Balaban J connectivity index is 1.80. The molecular weight excluding hydrogens is 248 g/mol.